The van der Waals surface area contributed by atoms with Crippen LogP contribution in [-0.4, -0.2) is 29.8 Å². The zero-order chi connectivity index (χ0) is 13.8. The van der Waals surface area contributed by atoms with Crippen LogP contribution in [0.15, 0.2) is 0 Å². The largest absolute Gasteiger partial charge is 0.299 e. The van der Waals surface area contributed by atoms with Crippen LogP contribution in [0.25, 0.3) is 0 Å². The predicted octanol–water partition coefficient (Wildman–Crippen LogP) is 3.89. The van der Waals surface area contributed by atoms with Crippen molar-refractivity contribution in [2.24, 2.45) is 11.3 Å². The Morgan fingerprint density at radius 2 is 1.83 bits per heavy atom. The molecule has 1 aliphatic carbocycles. The van der Waals surface area contributed by atoms with Crippen molar-refractivity contribution < 1.29 is 4.79 Å². The molecule has 0 amide bonds. The second kappa shape index (κ2) is 6.70. The van der Waals surface area contributed by atoms with Gasteiger partial charge in [0.2, 0.25) is 0 Å². The lowest BCUT2D eigenvalue weighted by Gasteiger charge is -2.35. The van der Waals surface area contributed by atoms with Crippen LogP contribution in [0.3, 0.4) is 0 Å². The van der Waals surface area contributed by atoms with Crippen LogP contribution in [0, 0.1) is 11.3 Å². The zero-order valence-corrected chi connectivity index (χ0v) is 13.0. The number of rotatable bonds is 7. The van der Waals surface area contributed by atoms with Gasteiger partial charge in [-0.2, -0.15) is 0 Å². The van der Waals surface area contributed by atoms with E-state index in [1.54, 1.807) is 6.92 Å². The summed E-state index contributed by atoms with van der Waals surface area (Å²) in [5.74, 6) is 1.06. The van der Waals surface area contributed by atoms with Gasteiger partial charge in [-0.25, -0.2) is 0 Å². The Balaban J connectivity index is 2.61. The third-order valence-electron chi connectivity index (χ3n) is 4.39. The lowest BCUT2D eigenvalue weighted by Crippen LogP contribution is -2.43. The summed E-state index contributed by atoms with van der Waals surface area (Å²) in [6.07, 6.45) is 6.62. The summed E-state index contributed by atoms with van der Waals surface area (Å²) in [5.41, 5.74) is -0.195. The SMILES string of the molecule is CC(=O)C(C)(C)CN(CCC(C)C)C1CCCC1. The summed E-state index contributed by atoms with van der Waals surface area (Å²) in [6.45, 7) is 12.6. The molecule has 0 spiro atoms. The first-order chi connectivity index (χ1) is 8.33. The van der Waals surface area contributed by atoms with Gasteiger partial charge in [0, 0.05) is 18.0 Å². The van der Waals surface area contributed by atoms with E-state index in [1.165, 1.54) is 32.1 Å². The van der Waals surface area contributed by atoms with E-state index < -0.39 is 0 Å². The monoisotopic (exact) mass is 253 g/mol. The minimum Gasteiger partial charge on any atom is -0.299 e. The quantitative estimate of drug-likeness (QED) is 0.686. The Morgan fingerprint density at radius 1 is 1.28 bits per heavy atom. The summed E-state index contributed by atoms with van der Waals surface area (Å²) < 4.78 is 0. The molecule has 2 nitrogen and oxygen atoms in total. The van der Waals surface area contributed by atoms with Gasteiger partial charge in [0.1, 0.15) is 5.78 Å². The molecule has 1 rings (SSSR count). The van der Waals surface area contributed by atoms with E-state index in [0.717, 1.165) is 25.0 Å². The van der Waals surface area contributed by atoms with Gasteiger partial charge in [-0.15, -0.1) is 0 Å². The molecule has 0 radical (unpaired) electrons. The molecule has 0 aliphatic heterocycles. The highest BCUT2D eigenvalue weighted by Gasteiger charge is 2.31. The summed E-state index contributed by atoms with van der Waals surface area (Å²) in [7, 11) is 0. The number of carbonyl (C=O) groups is 1. The van der Waals surface area contributed by atoms with Crippen molar-refractivity contribution in [3.63, 3.8) is 0 Å². The third-order valence-corrected chi connectivity index (χ3v) is 4.39. The Morgan fingerprint density at radius 3 is 2.28 bits per heavy atom. The Bertz CT molecular complexity index is 264. The first kappa shape index (κ1) is 15.7. The van der Waals surface area contributed by atoms with Crippen LogP contribution in [0.5, 0.6) is 0 Å². The van der Waals surface area contributed by atoms with Crippen molar-refractivity contribution in [3.8, 4) is 0 Å². The van der Waals surface area contributed by atoms with E-state index >= 15 is 0 Å². The normalized spacial score (nSPS) is 17.9. The molecule has 1 aliphatic rings. The average Bonchev–Trinajstić information content (AvgIpc) is 2.76. The molecule has 0 unspecified atom stereocenters. The van der Waals surface area contributed by atoms with Crippen LogP contribution in [-0.2, 0) is 4.79 Å². The van der Waals surface area contributed by atoms with Gasteiger partial charge < -0.3 is 0 Å². The van der Waals surface area contributed by atoms with Gasteiger partial charge >= 0.3 is 0 Å². The minimum atomic E-state index is -0.195. The average molecular weight is 253 g/mol. The van der Waals surface area contributed by atoms with Crippen molar-refractivity contribution in [3.05, 3.63) is 0 Å². The number of Topliss-reactive ketones (excluding diaryl/α,β-unsaturated/α-hetero) is 1. The van der Waals surface area contributed by atoms with Gasteiger partial charge in [-0.3, -0.25) is 9.69 Å². The van der Waals surface area contributed by atoms with E-state index in [9.17, 15) is 4.79 Å². The molecular weight excluding hydrogens is 222 g/mol. The molecule has 1 saturated carbocycles. The molecule has 0 saturated heterocycles. The first-order valence-electron chi connectivity index (χ1n) is 7.58. The molecule has 106 valence electrons. The van der Waals surface area contributed by atoms with Crippen LogP contribution in [0.1, 0.15) is 66.7 Å². The fourth-order valence-corrected chi connectivity index (χ4v) is 2.70. The highest BCUT2D eigenvalue weighted by Crippen LogP contribution is 2.28. The lowest BCUT2D eigenvalue weighted by molar-refractivity contribution is -0.126. The van der Waals surface area contributed by atoms with Gasteiger partial charge in [-0.1, -0.05) is 40.5 Å². The van der Waals surface area contributed by atoms with Crippen LogP contribution in [0.2, 0.25) is 0 Å². The molecule has 18 heavy (non-hydrogen) atoms. The number of hydrogen-bond acceptors (Lipinski definition) is 2. The van der Waals surface area contributed by atoms with Crippen LogP contribution >= 0.6 is 0 Å². The van der Waals surface area contributed by atoms with Crippen molar-refractivity contribution >= 4 is 5.78 Å². The molecule has 2 heteroatoms. The molecule has 1 fully saturated rings. The first-order valence-corrected chi connectivity index (χ1v) is 7.58. The molecule has 0 aromatic carbocycles. The maximum Gasteiger partial charge on any atom is 0.136 e. The Hall–Kier alpha value is -0.370. The third kappa shape index (κ3) is 4.72. The van der Waals surface area contributed by atoms with Crippen molar-refractivity contribution in [1.82, 2.24) is 4.90 Å². The fourth-order valence-electron chi connectivity index (χ4n) is 2.70. The minimum absolute atomic E-state index is 0.195. The summed E-state index contributed by atoms with van der Waals surface area (Å²) >= 11 is 0. The molecule has 0 heterocycles. The standard InChI is InChI=1S/C16H31NO/c1-13(2)10-11-17(15-8-6-7-9-15)12-16(4,5)14(3)18/h13,15H,6-12H2,1-5H3. The molecular formula is C16H31NO. The number of carbonyl (C=O) groups excluding carboxylic acids is 1. The highest BCUT2D eigenvalue weighted by molar-refractivity contribution is 5.81. The molecule has 0 atom stereocenters. The second-order valence-corrected chi connectivity index (χ2v) is 7.03. The molecule has 0 N–H and O–H groups in total. The molecule has 0 bridgehead atoms. The predicted molar refractivity (Wildman–Crippen MR) is 77.7 cm³/mol. The maximum atomic E-state index is 11.7. The number of hydrogen-bond donors (Lipinski definition) is 0. The maximum absolute atomic E-state index is 11.7. The highest BCUT2D eigenvalue weighted by atomic mass is 16.1. The molecule has 0 aromatic heterocycles. The number of ketones is 1. The van der Waals surface area contributed by atoms with E-state index in [1.807, 2.05) is 0 Å². The Labute approximate surface area is 113 Å². The smallest absolute Gasteiger partial charge is 0.136 e. The zero-order valence-electron chi connectivity index (χ0n) is 13.0. The second-order valence-electron chi connectivity index (χ2n) is 7.03. The van der Waals surface area contributed by atoms with Crippen molar-refractivity contribution in [1.29, 1.82) is 0 Å². The van der Waals surface area contributed by atoms with Gasteiger partial charge in [0.05, 0.1) is 0 Å². The summed E-state index contributed by atoms with van der Waals surface area (Å²) in [6, 6.07) is 0.724. The van der Waals surface area contributed by atoms with E-state index in [0.29, 0.717) is 5.78 Å². The molecule has 0 aromatic rings. The van der Waals surface area contributed by atoms with Crippen molar-refractivity contribution in [2.45, 2.75) is 72.8 Å². The van der Waals surface area contributed by atoms with Gasteiger partial charge in [0.15, 0.2) is 0 Å². The van der Waals surface area contributed by atoms with E-state index in [-0.39, 0.29) is 5.41 Å². The van der Waals surface area contributed by atoms with E-state index in [2.05, 4.69) is 32.6 Å². The topological polar surface area (TPSA) is 20.3 Å². The van der Waals surface area contributed by atoms with Gasteiger partial charge in [-0.05, 0) is 38.6 Å². The lowest BCUT2D eigenvalue weighted by atomic mass is 9.87. The Kier molecular flexibility index (Phi) is 5.84. The van der Waals surface area contributed by atoms with Crippen molar-refractivity contribution in [2.75, 3.05) is 13.1 Å². The van der Waals surface area contributed by atoms with Crippen LogP contribution in [0.4, 0.5) is 0 Å². The van der Waals surface area contributed by atoms with E-state index in [4.69, 9.17) is 0 Å². The summed E-state index contributed by atoms with van der Waals surface area (Å²) in [4.78, 5) is 14.3. The summed E-state index contributed by atoms with van der Waals surface area (Å²) in [5, 5.41) is 0. The van der Waals surface area contributed by atoms with Gasteiger partial charge in [0.25, 0.3) is 0 Å². The fraction of sp³-hybridized carbons (Fsp3) is 0.938. The number of nitrogens with zero attached hydrogens (tertiary/aromatic N) is 1. The van der Waals surface area contributed by atoms with Crippen LogP contribution < -0.4 is 0 Å².